The molecule has 0 radical (unpaired) electrons. The van der Waals surface area contributed by atoms with Crippen LogP contribution in [0.1, 0.15) is 37.0 Å². The predicted octanol–water partition coefficient (Wildman–Crippen LogP) is 2.13. The Morgan fingerprint density at radius 2 is 2.00 bits per heavy atom. The molecule has 9 nitrogen and oxygen atoms in total. The van der Waals surface area contributed by atoms with E-state index in [0.717, 1.165) is 25.7 Å². The Labute approximate surface area is 174 Å². The first kappa shape index (κ1) is 20.4. The summed E-state index contributed by atoms with van der Waals surface area (Å²) in [6, 6.07) is 7.65. The van der Waals surface area contributed by atoms with Gasteiger partial charge in [-0.1, -0.05) is 6.07 Å². The Bertz CT molecular complexity index is 1040. The number of rotatable bonds is 8. The molecular formula is C20H23N3O6S. The summed E-state index contributed by atoms with van der Waals surface area (Å²) in [6.45, 7) is 0.154. The van der Waals surface area contributed by atoms with Crippen molar-refractivity contribution in [1.82, 2.24) is 14.9 Å². The van der Waals surface area contributed by atoms with Gasteiger partial charge in [0.25, 0.3) is 0 Å². The Balaban J connectivity index is 1.35. The molecule has 30 heavy (non-hydrogen) atoms. The number of nitrogens with zero attached hydrogens (tertiary/aromatic N) is 1. The van der Waals surface area contributed by atoms with Gasteiger partial charge in [-0.05, 0) is 43.9 Å². The summed E-state index contributed by atoms with van der Waals surface area (Å²) < 4.78 is 39.1. The van der Waals surface area contributed by atoms with E-state index in [9.17, 15) is 18.0 Å². The molecule has 2 fully saturated rings. The van der Waals surface area contributed by atoms with Crippen LogP contribution >= 0.6 is 0 Å². The number of hydrogen-bond donors (Lipinski definition) is 2. The van der Waals surface area contributed by atoms with Gasteiger partial charge in [0.2, 0.25) is 15.9 Å². The van der Waals surface area contributed by atoms with E-state index < -0.39 is 16.1 Å². The molecule has 0 unspecified atom stereocenters. The second kappa shape index (κ2) is 8.49. The van der Waals surface area contributed by atoms with E-state index in [1.165, 1.54) is 23.3 Å². The van der Waals surface area contributed by atoms with Crippen LogP contribution in [0.3, 0.4) is 0 Å². The Morgan fingerprint density at radius 1 is 1.20 bits per heavy atom. The highest BCUT2D eigenvalue weighted by Gasteiger charge is 2.27. The highest BCUT2D eigenvalue weighted by Crippen LogP contribution is 2.25. The highest BCUT2D eigenvalue weighted by molar-refractivity contribution is 7.89. The summed E-state index contributed by atoms with van der Waals surface area (Å²) in [4.78, 5) is 24.3. The van der Waals surface area contributed by atoms with Crippen LogP contribution in [0.25, 0.3) is 0 Å². The maximum atomic E-state index is 12.7. The number of hydrogen-bond acceptors (Lipinski definition) is 6. The van der Waals surface area contributed by atoms with Gasteiger partial charge in [-0.15, -0.1) is 0 Å². The van der Waals surface area contributed by atoms with Crippen LogP contribution in [0.4, 0.5) is 4.79 Å². The minimum absolute atomic E-state index is 0.00869. The van der Waals surface area contributed by atoms with Crippen LogP contribution in [0.2, 0.25) is 0 Å². The highest BCUT2D eigenvalue weighted by atomic mass is 32.2. The third-order valence-corrected chi connectivity index (χ3v) is 6.51. The zero-order valence-electron chi connectivity index (χ0n) is 16.3. The first-order valence-electron chi connectivity index (χ1n) is 9.80. The summed E-state index contributed by atoms with van der Waals surface area (Å²) >= 11 is 0. The van der Waals surface area contributed by atoms with Gasteiger partial charge in [0.15, 0.2) is 0 Å². The lowest BCUT2D eigenvalue weighted by molar-refractivity contribution is -0.118. The fourth-order valence-electron chi connectivity index (χ4n) is 3.60. The van der Waals surface area contributed by atoms with Gasteiger partial charge in [-0.3, -0.25) is 10.1 Å². The fraction of sp³-hybridized carbons (Fsp3) is 0.400. The molecule has 0 bridgehead atoms. The molecular weight excluding hydrogens is 410 g/mol. The molecule has 1 saturated carbocycles. The van der Waals surface area contributed by atoms with Gasteiger partial charge in [-0.25, -0.2) is 17.9 Å². The van der Waals surface area contributed by atoms with E-state index in [1.54, 1.807) is 18.2 Å². The van der Waals surface area contributed by atoms with Gasteiger partial charge in [0, 0.05) is 11.6 Å². The zero-order chi connectivity index (χ0) is 21.1. The standard InChI is InChI=1S/C20H23N3O6S/c24-19-12-23(20(25)22-19)11-14-8-17(28-13-14)10-21-30(26,27)18-7-3-6-16(9-18)29-15-4-1-2-5-15/h3,6-9,13,15,21H,1-2,4-5,10-12H2,(H,22,24,25). The maximum absolute atomic E-state index is 12.7. The number of nitrogens with one attached hydrogen (secondary N) is 2. The second-order valence-electron chi connectivity index (χ2n) is 7.45. The van der Waals surface area contributed by atoms with E-state index in [1.807, 2.05) is 0 Å². The number of carbonyl (C=O) groups excluding carboxylic acids is 2. The van der Waals surface area contributed by atoms with Gasteiger partial charge < -0.3 is 14.1 Å². The topological polar surface area (TPSA) is 118 Å². The van der Waals surface area contributed by atoms with Crippen molar-refractivity contribution in [3.8, 4) is 5.75 Å². The normalized spacial score (nSPS) is 17.5. The van der Waals surface area contributed by atoms with Crippen molar-refractivity contribution < 1.29 is 27.2 Å². The quantitative estimate of drug-likeness (QED) is 0.616. The number of furan rings is 1. The SMILES string of the molecule is O=C1CN(Cc2coc(CNS(=O)(=O)c3cccc(OC4CCCC4)c3)c2)C(=O)N1. The number of benzene rings is 1. The number of sulfonamides is 1. The summed E-state index contributed by atoms with van der Waals surface area (Å²) in [5.74, 6) is 0.594. The molecule has 4 rings (SSSR count). The number of carbonyl (C=O) groups is 2. The van der Waals surface area contributed by atoms with Crippen LogP contribution in [-0.4, -0.2) is 37.9 Å². The van der Waals surface area contributed by atoms with Gasteiger partial charge in [-0.2, -0.15) is 0 Å². The zero-order valence-corrected chi connectivity index (χ0v) is 17.1. The van der Waals surface area contributed by atoms with E-state index in [-0.39, 0.29) is 36.5 Å². The first-order valence-corrected chi connectivity index (χ1v) is 11.3. The van der Waals surface area contributed by atoms with E-state index >= 15 is 0 Å². The second-order valence-corrected chi connectivity index (χ2v) is 9.22. The number of amides is 3. The van der Waals surface area contributed by atoms with Crippen LogP contribution < -0.4 is 14.8 Å². The molecule has 2 heterocycles. The lowest BCUT2D eigenvalue weighted by atomic mass is 10.3. The molecule has 2 aliphatic rings. The predicted molar refractivity (Wildman–Crippen MR) is 106 cm³/mol. The molecule has 0 spiro atoms. The fourth-order valence-corrected chi connectivity index (χ4v) is 4.62. The van der Waals surface area contributed by atoms with Crippen molar-refractivity contribution in [2.45, 2.75) is 49.8 Å². The molecule has 2 N–H and O–H groups in total. The average molecular weight is 433 g/mol. The molecule has 1 aliphatic heterocycles. The molecule has 2 aromatic rings. The monoisotopic (exact) mass is 433 g/mol. The number of urea groups is 1. The van der Waals surface area contributed by atoms with Crippen molar-refractivity contribution in [1.29, 1.82) is 0 Å². The number of ether oxygens (including phenoxy) is 1. The Hall–Kier alpha value is -2.85. The molecule has 1 aromatic carbocycles. The summed E-state index contributed by atoms with van der Waals surface area (Å²) in [6.07, 6.45) is 5.83. The summed E-state index contributed by atoms with van der Waals surface area (Å²) in [5.41, 5.74) is 0.668. The van der Waals surface area contributed by atoms with Crippen molar-refractivity contribution in [2.75, 3.05) is 6.54 Å². The average Bonchev–Trinajstić information content (AvgIpc) is 3.44. The van der Waals surface area contributed by atoms with Gasteiger partial charge in [0.05, 0.1) is 30.4 Å². The molecule has 3 amide bonds. The first-order chi connectivity index (χ1) is 14.4. The third-order valence-electron chi connectivity index (χ3n) is 5.11. The smallest absolute Gasteiger partial charge is 0.324 e. The molecule has 10 heteroatoms. The molecule has 1 aromatic heterocycles. The van der Waals surface area contributed by atoms with Crippen molar-refractivity contribution in [2.24, 2.45) is 0 Å². The van der Waals surface area contributed by atoms with E-state index in [2.05, 4.69) is 10.0 Å². The van der Waals surface area contributed by atoms with E-state index in [4.69, 9.17) is 9.15 Å². The molecule has 1 saturated heterocycles. The van der Waals surface area contributed by atoms with Crippen LogP contribution in [-0.2, 0) is 27.9 Å². The Kier molecular flexibility index (Phi) is 5.78. The Morgan fingerprint density at radius 3 is 2.73 bits per heavy atom. The lowest BCUT2D eigenvalue weighted by Gasteiger charge is -2.14. The number of imide groups is 1. The minimum Gasteiger partial charge on any atom is -0.490 e. The minimum atomic E-state index is -3.75. The molecule has 0 atom stereocenters. The third kappa shape index (κ3) is 4.82. The van der Waals surface area contributed by atoms with Gasteiger partial charge in [0.1, 0.15) is 18.1 Å². The lowest BCUT2D eigenvalue weighted by Crippen LogP contribution is -2.27. The van der Waals surface area contributed by atoms with Crippen molar-refractivity contribution in [3.05, 3.63) is 47.9 Å². The summed E-state index contributed by atoms with van der Waals surface area (Å²) in [7, 11) is -3.75. The molecule has 160 valence electrons. The van der Waals surface area contributed by atoms with Crippen LogP contribution in [0.5, 0.6) is 5.75 Å². The molecule has 1 aliphatic carbocycles. The summed E-state index contributed by atoms with van der Waals surface area (Å²) in [5, 5.41) is 2.20. The van der Waals surface area contributed by atoms with Crippen LogP contribution in [0, 0.1) is 0 Å². The van der Waals surface area contributed by atoms with Gasteiger partial charge >= 0.3 is 6.03 Å². The largest absolute Gasteiger partial charge is 0.490 e. The van der Waals surface area contributed by atoms with Crippen LogP contribution in [0.15, 0.2) is 45.9 Å². The van der Waals surface area contributed by atoms with E-state index in [0.29, 0.717) is 17.1 Å². The van der Waals surface area contributed by atoms with Crippen molar-refractivity contribution in [3.63, 3.8) is 0 Å². The maximum Gasteiger partial charge on any atom is 0.324 e. The van der Waals surface area contributed by atoms with Crippen molar-refractivity contribution >= 4 is 22.0 Å².